The van der Waals surface area contributed by atoms with Gasteiger partial charge in [0.1, 0.15) is 5.82 Å². The molecule has 1 aliphatic carbocycles. The monoisotopic (exact) mass is 269 g/mol. The van der Waals surface area contributed by atoms with Gasteiger partial charge in [-0.2, -0.15) is 0 Å². The first-order valence-corrected chi connectivity index (χ1v) is 7.22. The lowest BCUT2D eigenvalue weighted by Crippen LogP contribution is -2.34. The molecule has 0 heterocycles. The molecule has 1 saturated carbocycles. The number of rotatable bonds is 3. The van der Waals surface area contributed by atoms with Gasteiger partial charge in [-0.1, -0.05) is 43.9 Å². The van der Waals surface area contributed by atoms with Gasteiger partial charge in [0, 0.05) is 23.2 Å². The van der Waals surface area contributed by atoms with Crippen molar-refractivity contribution in [2.75, 3.05) is 0 Å². The maximum Gasteiger partial charge on any atom is 0.129 e. The first-order valence-electron chi connectivity index (χ1n) is 6.84. The van der Waals surface area contributed by atoms with E-state index in [0.29, 0.717) is 29.1 Å². The number of benzene rings is 1. The fourth-order valence-electron chi connectivity index (χ4n) is 2.73. The first-order chi connectivity index (χ1) is 8.68. The molecule has 1 aromatic carbocycles. The molecular weight excluding hydrogens is 249 g/mol. The third-order valence-corrected chi connectivity index (χ3v) is 4.32. The van der Waals surface area contributed by atoms with Crippen LogP contribution >= 0.6 is 11.6 Å². The van der Waals surface area contributed by atoms with Gasteiger partial charge in [0.15, 0.2) is 0 Å². The summed E-state index contributed by atoms with van der Waals surface area (Å²) < 4.78 is 13.7. The summed E-state index contributed by atoms with van der Waals surface area (Å²) in [5.74, 6) is 0.453. The number of hydrogen-bond donors (Lipinski definition) is 1. The van der Waals surface area contributed by atoms with Crippen LogP contribution in [-0.4, -0.2) is 6.04 Å². The molecule has 1 aromatic rings. The fourth-order valence-corrected chi connectivity index (χ4v) is 2.96. The molecule has 2 unspecified atom stereocenters. The molecule has 0 aliphatic heterocycles. The lowest BCUT2D eigenvalue weighted by atomic mass is 9.97. The predicted molar refractivity (Wildman–Crippen MR) is 74.3 cm³/mol. The number of hydrogen-bond acceptors (Lipinski definition) is 1. The van der Waals surface area contributed by atoms with Gasteiger partial charge in [0.2, 0.25) is 0 Å². The van der Waals surface area contributed by atoms with Crippen LogP contribution in [0.5, 0.6) is 0 Å². The van der Waals surface area contributed by atoms with Crippen LogP contribution in [0, 0.1) is 11.7 Å². The molecule has 0 saturated heterocycles. The molecule has 3 heteroatoms. The second kappa shape index (κ2) is 6.53. The Balaban J connectivity index is 1.98. The minimum atomic E-state index is -0.212. The molecule has 18 heavy (non-hydrogen) atoms. The maximum absolute atomic E-state index is 13.7. The largest absolute Gasteiger partial charge is 0.309 e. The molecule has 1 nitrogen and oxygen atoms in total. The van der Waals surface area contributed by atoms with Gasteiger partial charge in [-0.05, 0) is 30.9 Å². The lowest BCUT2D eigenvalue weighted by Gasteiger charge is -2.23. The van der Waals surface area contributed by atoms with E-state index >= 15 is 0 Å². The molecular formula is C15H21ClFN. The second-order valence-electron chi connectivity index (χ2n) is 5.30. The summed E-state index contributed by atoms with van der Waals surface area (Å²) in [4.78, 5) is 0. The molecule has 2 atom stereocenters. The molecule has 0 radical (unpaired) electrons. The van der Waals surface area contributed by atoms with E-state index in [4.69, 9.17) is 11.6 Å². The second-order valence-corrected chi connectivity index (χ2v) is 5.71. The Bertz CT molecular complexity index is 374. The van der Waals surface area contributed by atoms with Crippen LogP contribution in [0.25, 0.3) is 0 Å². The van der Waals surface area contributed by atoms with Crippen molar-refractivity contribution in [2.24, 2.45) is 5.92 Å². The van der Waals surface area contributed by atoms with Crippen molar-refractivity contribution in [1.29, 1.82) is 0 Å². The van der Waals surface area contributed by atoms with Crippen molar-refractivity contribution in [1.82, 2.24) is 5.32 Å². The third-order valence-electron chi connectivity index (χ3n) is 3.96. The average Bonchev–Trinajstić information content (AvgIpc) is 2.54. The summed E-state index contributed by atoms with van der Waals surface area (Å²) >= 11 is 6.04. The highest BCUT2D eigenvalue weighted by molar-refractivity contribution is 6.31. The molecule has 1 N–H and O–H groups in total. The molecule has 0 spiro atoms. The van der Waals surface area contributed by atoms with Crippen molar-refractivity contribution in [3.05, 3.63) is 34.6 Å². The highest BCUT2D eigenvalue weighted by atomic mass is 35.5. The van der Waals surface area contributed by atoms with Crippen LogP contribution in [0.1, 0.15) is 44.6 Å². The highest BCUT2D eigenvalue weighted by Gasteiger charge is 2.20. The van der Waals surface area contributed by atoms with E-state index in [-0.39, 0.29) is 5.82 Å². The van der Waals surface area contributed by atoms with Crippen LogP contribution in [-0.2, 0) is 6.54 Å². The van der Waals surface area contributed by atoms with Gasteiger partial charge < -0.3 is 5.32 Å². The highest BCUT2D eigenvalue weighted by Crippen LogP contribution is 2.24. The molecule has 100 valence electrons. The van der Waals surface area contributed by atoms with Crippen molar-refractivity contribution in [2.45, 2.75) is 51.6 Å². The zero-order valence-electron chi connectivity index (χ0n) is 10.9. The Morgan fingerprint density at radius 3 is 2.83 bits per heavy atom. The smallest absolute Gasteiger partial charge is 0.129 e. The van der Waals surface area contributed by atoms with Gasteiger partial charge in [-0.15, -0.1) is 0 Å². The van der Waals surface area contributed by atoms with Crippen molar-refractivity contribution < 1.29 is 4.39 Å². The van der Waals surface area contributed by atoms with Crippen LogP contribution in [0.2, 0.25) is 5.02 Å². The minimum absolute atomic E-state index is 0.212. The van der Waals surface area contributed by atoms with Crippen LogP contribution in [0.3, 0.4) is 0 Å². The zero-order chi connectivity index (χ0) is 13.0. The van der Waals surface area contributed by atoms with Crippen molar-refractivity contribution in [3.8, 4) is 0 Å². The van der Waals surface area contributed by atoms with Gasteiger partial charge in [-0.3, -0.25) is 0 Å². The third kappa shape index (κ3) is 3.46. The van der Waals surface area contributed by atoms with Crippen molar-refractivity contribution in [3.63, 3.8) is 0 Å². The summed E-state index contributed by atoms with van der Waals surface area (Å²) in [6.45, 7) is 2.81. The molecule has 0 amide bonds. The van der Waals surface area contributed by atoms with E-state index in [0.717, 1.165) is 0 Å². The van der Waals surface area contributed by atoms with Crippen LogP contribution in [0.4, 0.5) is 4.39 Å². The number of nitrogens with one attached hydrogen (secondary N) is 1. The predicted octanol–water partition coefficient (Wildman–Crippen LogP) is 4.54. The summed E-state index contributed by atoms with van der Waals surface area (Å²) in [7, 11) is 0. The lowest BCUT2D eigenvalue weighted by molar-refractivity contribution is 0.354. The van der Waals surface area contributed by atoms with E-state index in [1.807, 2.05) is 0 Å². The SMILES string of the molecule is CC1CCCCCC1NCc1c(F)cccc1Cl. The Labute approximate surface area is 114 Å². The first kappa shape index (κ1) is 13.8. The Morgan fingerprint density at radius 1 is 1.28 bits per heavy atom. The standard InChI is InChI=1S/C15H21ClFN/c1-11-6-3-2-4-9-15(11)18-10-12-13(16)7-5-8-14(12)17/h5,7-8,11,15,18H,2-4,6,9-10H2,1H3. The number of halogens is 2. The molecule has 0 aromatic heterocycles. The molecule has 2 rings (SSSR count). The molecule has 1 aliphatic rings. The summed E-state index contributed by atoms with van der Waals surface area (Å²) in [5.41, 5.74) is 0.593. The van der Waals surface area contributed by atoms with Crippen molar-refractivity contribution >= 4 is 11.6 Å². The van der Waals surface area contributed by atoms with Gasteiger partial charge in [0.25, 0.3) is 0 Å². The van der Waals surface area contributed by atoms with Crippen LogP contribution in [0.15, 0.2) is 18.2 Å². The Hall–Kier alpha value is -0.600. The van der Waals surface area contributed by atoms with E-state index in [1.54, 1.807) is 12.1 Å². The molecule has 1 fully saturated rings. The van der Waals surface area contributed by atoms with E-state index in [1.165, 1.54) is 38.2 Å². The zero-order valence-corrected chi connectivity index (χ0v) is 11.6. The summed E-state index contributed by atoms with van der Waals surface area (Å²) in [5, 5.41) is 4.00. The normalized spacial score (nSPS) is 24.8. The Morgan fingerprint density at radius 2 is 2.06 bits per heavy atom. The summed E-state index contributed by atoms with van der Waals surface area (Å²) in [6.07, 6.45) is 6.37. The quantitative estimate of drug-likeness (QED) is 0.795. The maximum atomic E-state index is 13.7. The van der Waals surface area contributed by atoms with Gasteiger partial charge in [-0.25, -0.2) is 4.39 Å². The minimum Gasteiger partial charge on any atom is -0.309 e. The Kier molecular flexibility index (Phi) is 5.02. The molecule has 0 bridgehead atoms. The van der Waals surface area contributed by atoms with E-state index in [2.05, 4.69) is 12.2 Å². The summed E-state index contributed by atoms with van der Waals surface area (Å²) in [6, 6.07) is 5.36. The fraction of sp³-hybridized carbons (Fsp3) is 0.600. The van der Waals surface area contributed by atoms with Crippen LogP contribution < -0.4 is 5.32 Å². The van der Waals surface area contributed by atoms with Gasteiger partial charge in [0.05, 0.1) is 0 Å². The topological polar surface area (TPSA) is 12.0 Å². The van der Waals surface area contributed by atoms with Gasteiger partial charge >= 0.3 is 0 Å². The van der Waals surface area contributed by atoms with E-state index in [9.17, 15) is 4.39 Å². The average molecular weight is 270 g/mol. The van der Waals surface area contributed by atoms with E-state index < -0.39 is 0 Å².